The van der Waals surface area contributed by atoms with Crippen LogP contribution in [0.1, 0.15) is 42.3 Å². The van der Waals surface area contributed by atoms with Gasteiger partial charge in [0.25, 0.3) is 0 Å². The van der Waals surface area contributed by atoms with Crippen molar-refractivity contribution in [3.8, 4) is 0 Å². The minimum Gasteiger partial charge on any atom is -0.468 e. The third kappa shape index (κ3) is 2.31. The first-order chi connectivity index (χ1) is 9.29. The summed E-state index contributed by atoms with van der Waals surface area (Å²) in [6.07, 6.45) is 2.73. The van der Waals surface area contributed by atoms with E-state index in [0.717, 1.165) is 25.3 Å². The van der Waals surface area contributed by atoms with Gasteiger partial charge < -0.3 is 10.2 Å². The molecule has 0 saturated carbocycles. The van der Waals surface area contributed by atoms with Crippen molar-refractivity contribution in [3.63, 3.8) is 0 Å². The van der Waals surface area contributed by atoms with Crippen LogP contribution in [0.4, 0.5) is 0 Å². The maximum Gasteiger partial charge on any atom is 0.117 e. The van der Waals surface area contributed by atoms with E-state index in [4.69, 9.17) is 10.2 Å². The van der Waals surface area contributed by atoms with Gasteiger partial charge in [0.1, 0.15) is 5.76 Å². The molecule has 1 aliphatic carbocycles. The third-order valence-electron chi connectivity index (χ3n) is 4.02. The molecule has 0 aliphatic heterocycles. The van der Waals surface area contributed by atoms with Crippen molar-refractivity contribution < 1.29 is 4.42 Å². The Kier molecular flexibility index (Phi) is 3.40. The zero-order valence-corrected chi connectivity index (χ0v) is 11.3. The SMILES string of the molecule is CCN(Cc1ccco1)C1CC(N)c2ccccc21. The van der Waals surface area contributed by atoms with Crippen LogP contribution in [0, 0.1) is 0 Å². The molecule has 0 bridgehead atoms. The lowest BCUT2D eigenvalue weighted by Gasteiger charge is -2.27. The van der Waals surface area contributed by atoms with E-state index in [-0.39, 0.29) is 6.04 Å². The van der Waals surface area contributed by atoms with Crippen LogP contribution in [-0.2, 0) is 6.54 Å². The number of nitrogens with zero attached hydrogens (tertiary/aromatic N) is 1. The lowest BCUT2D eigenvalue weighted by molar-refractivity contribution is 0.179. The number of hydrogen-bond acceptors (Lipinski definition) is 3. The summed E-state index contributed by atoms with van der Waals surface area (Å²) < 4.78 is 5.47. The summed E-state index contributed by atoms with van der Waals surface area (Å²) in [5, 5.41) is 0. The van der Waals surface area contributed by atoms with Gasteiger partial charge in [-0.25, -0.2) is 0 Å². The average Bonchev–Trinajstić information content (AvgIpc) is 3.05. The number of nitrogens with two attached hydrogens (primary N) is 1. The van der Waals surface area contributed by atoms with E-state index in [1.54, 1.807) is 6.26 Å². The molecule has 0 spiro atoms. The van der Waals surface area contributed by atoms with Crippen molar-refractivity contribution in [2.24, 2.45) is 5.73 Å². The standard InChI is InChI=1S/C16H20N2O/c1-2-18(11-12-6-5-9-19-12)16-10-15(17)13-7-3-4-8-14(13)16/h3-9,15-16H,2,10-11,17H2,1H3. The lowest BCUT2D eigenvalue weighted by Crippen LogP contribution is -2.27. The highest BCUT2D eigenvalue weighted by Gasteiger charge is 2.32. The highest BCUT2D eigenvalue weighted by molar-refractivity contribution is 5.37. The monoisotopic (exact) mass is 256 g/mol. The van der Waals surface area contributed by atoms with Crippen molar-refractivity contribution in [2.45, 2.75) is 32.0 Å². The van der Waals surface area contributed by atoms with E-state index >= 15 is 0 Å². The smallest absolute Gasteiger partial charge is 0.117 e. The van der Waals surface area contributed by atoms with Crippen molar-refractivity contribution >= 4 is 0 Å². The van der Waals surface area contributed by atoms with E-state index in [9.17, 15) is 0 Å². The average molecular weight is 256 g/mol. The Labute approximate surface area is 114 Å². The second kappa shape index (κ2) is 5.19. The molecular formula is C16H20N2O. The van der Waals surface area contributed by atoms with Crippen LogP contribution in [0.15, 0.2) is 47.1 Å². The maximum atomic E-state index is 6.25. The normalized spacial score (nSPS) is 21.8. The van der Waals surface area contributed by atoms with Gasteiger partial charge in [0.15, 0.2) is 0 Å². The van der Waals surface area contributed by atoms with Crippen molar-refractivity contribution in [1.29, 1.82) is 0 Å². The van der Waals surface area contributed by atoms with E-state index < -0.39 is 0 Å². The molecule has 0 fully saturated rings. The van der Waals surface area contributed by atoms with Crippen molar-refractivity contribution in [1.82, 2.24) is 4.90 Å². The predicted octanol–water partition coefficient (Wildman–Crippen LogP) is 3.25. The summed E-state index contributed by atoms with van der Waals surface area (Å²) in [5.41, 5.74) is 8.93. The molecule has 0 radical (unpaired) electrons. The number of fused-ring (bicyclic) bond motifs is 1. The van der Waals surface area contributed by atoms with Gasteiger partial charge >= 0.3 is 0 Å². The largest absolute Gasteiger partial charge is 0.468 e. The van der Waals surface area contributed by atoms with Crippen LogP contribution in [0.25, 0.3) is 0 Å². The molecular weight excluding hydrogens is 236 g/mol. The summed E-state index contributed by atoms with van der Waals surface area (Å²) in [7, 11) is 0. The fourth-order valence-electron chi connectivity index (χ4n) is 3.04. The number of rotatable bonds is 4. The summed E-state index contributed by atoms with van der Waals surface area (Å²) >= 11 is 0. The van der Waals surface area contributed by atoms with Crippen LogP contribution in [-0.4, -0.2) is 11.4 Å². The molecule has 1 heterocycles. The minimum absolute atomic E-state index is 0.159. The second-order valence-corrected chi connectivity index (χ2v) is 5.13. The third-order valence-corrected chi connectivity index (χ3v) is 4.02. The molecule has 1 aromatic carbocycles. The Bertz CT molecular complexity index is 535. The van der Waals surface area contributed by atoms with Crippen LogP contribution in [0.3, 0.4) is 0 Å². The quantitative estimate of drug-likeness (QED) is 0.913. The van der Waals surface area contributed by atoms with Gasteiger partial charge in [-0.15, -0.1) is 0 Å². The van der Waals surface area contributed by atoms with E-state index in [1.807, 2.05) is 12.1 Å². The Balaban J connectivity index is 1.85. The Morgan fingerprint density at radius 1 is 1.21 bits per heavy atom. The van der Waals surface area contributed by atoms with Crippen LogP contribution in [0.5, 0.6) is 0 Å². The van der Waals surface area contributed by atoms with Gasteiger partial charge in [-0.1, -0.05) is 31.2 Å². The van der Waals surface area contributed by atoms with Crippen molar-refractivity contribution in [2.75, 3.05) is 6.54 Å². The summed E-state index contributed by atoms with van der Waals surface area (Å²) in [6, 6.07) is 13.1. The minimum atomic E-state index is 0.159. The molecule has 3 nitrogen and oxygen atoms in total. The van der Waals surface area contributed by atoms with Gasteiger partial charge in [0.2, 0.25) is 0 Å². The fraction of sp³-hybridized carbons (Fsp3) is 0.375. The molecule has 0 saturated heterocycles. The molecule has 2 aromatic rings. The molecule has 2 atom stereocenters. The van der Waals surface area contributed by atoms with E-state index in [2.05, 4.69) is 36.1 Å². The van der Waals surface area contributed by atoms with E-state index in [1.165, 1.54) is 11.1 Å². The van der Waals surface area contributed by atoms with Crippen LogP contribution < -0.4 is 5.73 Å². The second-order valence-electron chi connectivity index (χ2n) is 5.13. The highest BCUT2D eigenvalue weighted by atomic mass is 16.3. The first-order valence-electron chi connectivity index (χ1n) is 6.90. The summed E-state index contributed by atoms with van der Waals surface area (Å²) in [5.74, 6) is 1.01. The Morgan fingerprint density at radius 2 is 2.00 bits per heavy atom. The van der Waals surface area contributed by atoms with Crippen molar-refractivity contribution in [3.05, 3.63) is 59.5 Å². The first kappa shape index (κ1) is 12.5. The number of hydrogen-bond donors (Lipinski definition) is 1. The zero-order valence-electron chi connectivity index (χ0n) is 11.3. The molecule has 19 heavy (non-hydrogen) atoms. The molecule has 0 amide bonds. The Morgan fingerprint density at radius 3 is 2.68 bits per heavy atom. The molecule has 2 N–H and O–H groups in total. The molecule has 2 unspecified atom stereocenters. The molecule has 3 heteroatoms. The van der Waals surface area contributed by atoms with Gasteiger partial charge in [-0.05, 0) is 36.2 Å². The molecule has 3 rings (SSSR count). The Hall–Kier alpha value is -1.58. The first-order valence-corrected chi connectivity index (χ1v) is 6.90. The summed E-state index contributed by atoms with van der Waals surface area (Å²) in [4.78, 5) is 2.44. The van der Waals surface area contributed by atoms with Crippen LogP contribution in [0.2, 0.25) is 0 Å². The van der Waals surface area contributed by atoms with Gasteiger partial charge in [0, 0.05) is 12.1 Å². The van der Waals surface area contributed by atoms with Gasteiger partial charge in [0.05, 0.1) is 12.8 Å². The number of furan rings is 1. The summed E-state index contributed by atoms with van der Waals surface area (Å²) in [6.45, 7) is 4.02. The fourth-order valence-corrected chi connectivity index (χ4v) is 3.04. The lowest BCUT2D eigenvalue weighted by atomic mass is 10.1. The van der Waals surface area contributed by atoms with Gasteiger partial charge in [-0.3, -0.25) is 4.90 Å². The molecule has 1 aliphatic rings. The van der Waals surface area contributed by atoms with Gasteiger partial charge in [-0.2, -0.15) is 0 Å². The molecule has 1 aromatic heterocycles. The molecule has 100 valence electrons. The van der Waals surface area contributed by atoms with E-state index in [0.29, 0.717) is 6.04 Å². The highest BCUT2D eigenvalue weighted by Crippen LogP contribution is 2.41. The topological polar surface area (TPSA) is 42.4 Å². The maximum absolute atomic E-state index is 6.25. The number of benzene rings is 1. The predicted molar refractivity (Wildman–Crippen MR) is 75.5 cm³/mol. The van der Waals surface area contributed by atoms with Crippen LogP contribution >= 0.6 is 0 Å². The zero-order chi connectivity index (χ0) is 13.2.